The van der Waals surface area contributed by atoms with Gasteiger partial charge in [0, 0.05) is 48.5 Å². The number of anilines is 1. The molecule has 1 amide bonds. The van der Waals surface area contributed by atoms with Crippen molar-refractivity contribution in [1.29, 1.82) is 5.26 Å². The van der Waals surface area contributed by atoms with Crippen molar-refractivity contribution in [2.24, 2.45) is 9.98 Å². The van der Waals surface area contributed by atoms with Gasteiger partial charge >= 0.3 is 11.9 Å². The van der Waals surface area contributed by atoms with E-state index in [0.717, 1.165) is 12.1 Å². The van der Waals surface area contributed by atoms with Crippen LogP contribution < -0.4 is 15.9 Å². The number of benzodiazepines with no additional fused rings is 1. The van der Waals surface area contributed by atoms with Gasteiger partial charge in [-0.3, -0.25) is 24.5 Å². The zero-order valence-corrected chi connectivity index (χ0v) is 31.8. The second-order valence-corrected chi connectivity index (χ2v) is 13.9. The number of H-pyrrole nitrogens is 1. The van der Waals surface area contributed by atoms with Crippen LogP contribution in [-0.2, 0) is 4.79 Å². The predicted octanol–water partition coefficient (Wildman–Crippen LogP) is 6.80. The number of imidazole rings is 1. The van der Waals surface area contributed by atoms with Crippen molar-refractivity contribution in [3.63, 3.8) is 0 Å². The lowest BCUT2D eigenvalue weighted by Crippen LogP contribution is -2.47. The van der Waals surface area contributed by atoms with Gasteiger partial charge in [0.15, 0.2) is 6.19 Å². The zero-order valence-electron chi connectivity index (χ0n) is 31.8. The molecule has 1 atom stereocenters. The normalized spacial score (nSPS) is 16.7. The van der Waals surface area contributed by atoms with Crippen LogP contribution >= 0.6 is 0 Å². The number of fused-ring (bicyclic) bond motifs is 1. The molecule has 0 radical (unpaired) electrons. The van der Waals surface area contributed by atoms with Crippen LogP contribution in [0.25, 0.3) is 11.3 Å². The lowest BCUT2D eigenvalue weighted by molar-refractivity contribution is -0.133. The summed E-state index contributed by atoms with van der Waals surface area (Å²) in [7, 11) is 0. The molecule has 11 nitrogen and oxygen atoms in total. The number of para-hydroxylation sites is 1. The number of guanidine groups is 1. The highest BCUT2D eigenvalue weighted by atomic mass is 19.4. The van der Waals surface area contributed by atoms with Crippen molar-refractivity contribution >= 4 is 23.3 Å². The van der Waals surface area contributed by atoms with Crippen LogP contribution in [0, 0.1) is 11.5 Å². The third kappa shape index (κ3) is 10.1. The van der Waals surface area contributed by atoms with Crippen LogP contribution in [0.1, 0.15) is 64.6 Å². The van der Waals surface area contributed by atoms with E-state index in [1.807, 2.05) is 36.5 Å². The fraction of sp³-hybridized carbons (Fsp3) is 0.390. The number of benzene rings is 3. The van der Waals surface area contributed by atoms with Crippen molar-refractivity contribution in [3.05, 3.63) is 113 Å². The van der Waals surface area contributed by atoms with E-state index in [-0.39, 0.29) is 23.4 Å². The van der Waals surface area contributed by atoms with Gasteiger partial charge in [0.05, 0.1) is 17.1 Å². The number of amides is 1. The second kappa shape index (κ2) is 18.1. The topological polar surface area (TPSA) is 125 Å². The van der Waals surface area contributed by atoms with E-state index >= 15 is 0 Å². The summed E-state index contributed by atoms with van der Waals surface area (Å²) >= 11 is 0. The van der Waals surface area contributed by atoms with Crippen LogP contribution in [0.15, 0.2) is 106 Å². The summed E-state index contributed by atoms with van der Waals surface area (Å²) in [5.74, 6) is -0.963. The Morgan fingerprint density at radius 1 is 0.945 bits per heavy atom. The summed E-state index contributed by atoms with van der Waals surface area (Å²) in [4.78, 5) is 43.5. The van der Waals surface area contributed by atoms with Crippen LogP contribution in [-0.4, -0.2) is 87.5 Å². The van der Waals surface area contributed by atoms with E-state index in [2.05, 4.69) is 59.8 Å². The molecule has 0 saturated carbocycles. The summed E-state index contributed by atoms with van der Waals surface area (Å²) in [6, 6.07) is 25.9. The van der Waals surface area contributed by atoms with E-state index in [1.54, 1.807) is 64.2 Å². The first kappa shape index (κ1) is 40.5. The minimum Gasteiger partial charge on any atom is -0.342 e. The van der Waals surface area contributed by atoms with E-state index in [4.69, 9.17) is 0 Å². The number of carbonyl (C=O) groups is 1. The van der Waals surface area contributed by atoms with Gasteiger partial charge in [-0.15, -0.1) is 0 Å². The number of hydrogen-bond acceptors (Lipinski definition) is 6. The van der Waals surface area contributed by atoms with Crippen LogP contribution in [0.3, 0.4) is 0 Å². The van der Waals surface area contributed by atoms with Gasteiger partial charge in [0.1, 0.15) is 6.54 Å². The van der Waals surface area contributed by atoms with E-state index in [0.29, 0.717) is 65.4 Å². The lowest BCUT2D eigenvalue weighted by Gasteiger charge is -2.34. The maximum absolute atomic E-state index is 13.8. The Balaban J connectivity index is 0.000000574. The van der Waals surface area contributed by atoms with Crippen molar-refractivity contribution < 1.29 is 18.0 Å². The Morgan fingerprint density at radius 3 is 2.07 bits per heavy atom. The smallest absolute Gasteiger partial charge is 0.342 e. The first-order valence-corrected chi connectivity index (χ1v) is 18.5. The van der Waals surface area contributed by atoms with E-state index in [9.17, 15) is 28.0 Å². The SMILES string of the molecule is CCN(C(C)C)C(C)C.N#CNC(=N[C@@H]1N=C(c2ccccc2)c2ccccc2N(CC(F)(F)F)C1=O)N1CCC(n2cc(-c3ccccc3)[nH]c2=O)CC1. The highest BCUT2D eigenvalue weighted by Crippen LogP contribution is 2.32. The number of aromatic nitrogens is 2. The first-order chi connectivity index (χ1) is 26.3. The van der Waals surface area contributed by atoms with Gasteiger partial charge < -0.3 is 9.88 Å². The Hall–Kier alpha value is -5.68. The number of likely N-dealkylation sites (tertiary alicyclic amines) is 1. The number of halogens is 3. The summed E-state index contributed by atoms with van der Waals surface area (Å²) in [5.41, 5.74) is 2.66. The number of nitriles is 1. The molecule has 14 heteroatoms. The highest BCUT2D eigenvalue weighted by Gasteiger charge is 2.40. The molecular formula is C41H48F3N9O2. The highest BCUT2D eigenvalue weighted by molar-refractivity contribution is 6.20. The molecule has 1 saturated heterocycles. The van der Waals surface area contributed by atoms with Gasteiger partial charge in [-0.05, 0) is 58.7 Å². The second-order valence-electron chi connectivity index (χ2n) is 13.9. The van der Waals surface area contributed by atoms with Crippen LogP contribution in [0.2, 0.25) is 0 Å². The third-order valence-electron chi connectivity index (χ3n) is 9.66. The molecule has 4 aromatic rings. The molecule has 2 N–H and O–H groups in total. The number of alkyl halides is 3. The molecule has 3 aromatic carbocycles. The number of aromatic amines is 1. The van der Waals surface area contributed by atoms with Gasteiger partial charge in [-0.1, -0.05) is 85.8 Å². The molecule has 3 heterocycles. The van der Waals surface area contributed by atoms with Gasteiger partial charge in [0.25, 0.3) is 5.91 Å². The Bertz CT molecular complexity index is 2030. The number of rotatable bonds is 8. The average molecular weight is 756 g/mol. The predicted molar refractivity (Wildman–Crippen MR) is 210 cm³/mol. The molecule has 0 unspecified atom stereocenters. The first-order valence-electron chi connectivity index (χ1n) is 18.5. The van der Waals surface area contributed by atoms with Crippen molar-refractivity contribution in [1.82, 2.24) is 24.7 Å². The summed E-state index contributed by atoms with van der Waals surface area (Å²) in [6.07, 6.45) is -1.65. The van der Waals surface area contributed by atoms with Crippen LogP contribution in [0.4, 0.5) is 18.9 Å². The largest absolute Gasteiger partial charge is 0.406 e. The third-order valence-corrected chi connectivity index (χ3v) is 9.66. The number of aliphatic imine (C=N–C) groups is 2. The maximum Gasteiger partial charge on any atom is 0.406 e. The van der Waals surface area contributed by atoms with Gasteiger partial charge in [0.2, 0.25) is 12.1 Å². The standard InChI is InChI=1S/C33H29F3N8O2.C8H19N/c34-33(35,36)20-44-27-14-8-7-13-25(27)28(23-11-5-2-6-12-23)40-29(30(44)45)41-31(38-21-37)42-17-15-24(16-18-42)43-19-26(39-32(43)46)22-9-3-1-4-10-22;1-6-9(7(2)3)8(4)5/h1-14,19,24,29H,15-18,20H2,(H,38,41)(H,39,46);7-8H,6H2,1-5H3/t29-;/m0./s1. The monoisotopic (exact) mass is 755 g/mol. The van der Waals surface area contributed by atoms with E-state index < -0.39 is 24.8 Å². The maximum atomic E-state index is 13.8. The number of piperidine rings is 1. The summed E-state index contributed by atoms with van der Waals surface area (Å²) in [6.45, 7) is 11.5. The van der Waals surface area contributed by atoms with Gasteiger partial charge in [-0.2, -0.15) is 18.4 Å². The Labute approximate surface area is 319 Å². The van der Waals surface area contributed by atoms with E-state index in [1.165, 1.54) is 6.07 Å². The molecule has 55 heavy (non-hydrogen) atoms. The number of nitrogens with zero attached hydrogens (tertiary/aromatic N) is 7. The lowest BCUT2D eigenvalue weighted by atomic mass is 10.0. The Kier molecular flexibility index (Phi) is 13.3. The number of carbonyl (C=O) groups excluding carboxylic acids is 1. The molecule has 0 spiro atoms. The minimum atomic E-state index is -4.69. The van der Waals surface area contributed by atoms with Gasteiger partial charge in [-0.25, -0.2) is 14.8 Å². The molecule has 290 valence electrons. The van der Waals surface area contributed by atoms with Crippen molar-refractivity contribution in [3.8, 4) is 17.5 Å². The fourth-order valence-electron chi connectivity index (χ4n) is 7.15. The van der Waals surface area contributed by atoms with Crippen molar-refractivity contribution in [2.75, 3.05) is 31.1 Å². The molecule has 2 aliphatic rings. The minimum absolute atomic E-state index is 0.0137. The van der Waals surface area contributed by atoms with Crippen molar-refractivity contribution in [2.45, 2.75) is 77.9 Å². The zero-order chi connectivity index (χ0) is 39.7. The summed E-state index contributed by atoms with van der Waals surface area (Å²) in [5, 5.41) is 12.1. The molecule has 1 fully saturated rings. The molecule has 1 aromatic heterocycles. The molecular weight excluding hydrogens is 708 g/mol. The Morgan fingerprint density at radius 2 is 1.53 bits per heavy atom. The summed E-state index contributed by atoms with van der Waals surface area (Å²) < 4.78 is 43.1. The fourth-order valence-corrected chi connectivity index (χ4v) is 7.15. The van der Waals surface area contributed by atoms with Crippen LogP contribution in [0.5, 0.6) is 0 Å². The molecule has 0 bridgehead atoms. The average Bonchev–Trinajstić information content (AvgIpc) is 3.52. The number of nitrogens with one attached hydrogen (secondary N) is 2. The quantitative estimate of drug-likeness (QED) is 0.0882. The molecule has 2 aliphatic heterocycles. The molecule has 0 aliphatic carbocycles. The number of hydrogen-bond donors (Lipinski definition) is 2. The molecule has 6 rings (SSSR count).